The molecular weight excluding hydrogens is 280 g/mol. The Kier molecular flexibility index (Phi) is 5.55. The molecule has 3 fully saturated rings. The van der Waals surface area contributed by atoms with E-state index in [-0.39, 0.29) is 0 Å². The number of hydrogen-bond acceptors (Lipinski definition) is 4. The third-order valence-electron chi connectivity index (χ3n) is 4.39. The predicted molar refractivity (Wildman–Crippen MR) is 87.3 cm³/mol. The zero-order valence-corrected chi connectivity index (χ0v) is 14.0. The molecule has 0 amide bonds. The number of ether oxygens (including phenoxy) is 2. The van der Waals surface area contributed by atoms with Gasteiger partial charge in [0.15, 0.2) is 5.96 Å². The van der Waals surface area contributed by atoms with Gasteiger partial charge in [0, 0.05) is 38.8 Å². The molecule has 1 saturated carbocycles. The van der Waals surface area contributed by atoms with Crippen molar-refractivity contribution >= 4 is 5.96 Å². The summed E-state index contributed by atoms with van der Waals surface area (Å²) in [5.41, 5.74) is 0. The van der Waals surface area contributed by atoms with Gasteiger partial charge in [-0.15, -0.1) is 0 Å². The number of hydrogen-bond donors (Lipinski definition) is 1. The van der Waals surface area contributed by atoms with Gasteiger partial charge in [0.05, 0.1) is 32.0 Å². The first-order valence-electron chi connectivity index (χ1n) is 8.72. The van der Waals surface area contributed by atoms with E-state index in [2.05, 4.69) is 29.0 Å². The van der Waals surface area contributed by atoms with E-state index >= 15 is 0 Å². The Hall–Kier alpha value is -0.850. The maximum absolute atomic E-state index is 5.79. The summed E-state index contributed by atoms with van der Waals surface area (Å²) in [6.45, 7) is 11.7. The van der Waals surface area contributed by atoms with Crippen LogP contribution in [-0.4, -0.2) is 86.5 Å². The van der Waals surface area contributed by atoms with Gasteiger partial charge in [-0.2, -0.15) is 0 Å². The highest BCUT2D eigenvalue weighted by Gasteiger charge is 2.26. The molecule has 1 N–H and O–H groups in total. The van der Waals surface area contributed by atoms with Gasteiger partial charge in [-0.05, 0) is 26.7 Å². The minimum atomic E-state index is 0.330. The molecule has 2 atom stereocenters. The van der Waals surface area contributed by atoms with Crippen LogP contribution in [0.2, 0.25) is 0 Å². The molecule has 2 heterocycles. The van der Waals surface area contributed by atoms with Gasteiger partial charge in [0.1, 0.15) is 0 Å². The van der Waals surface area contributed by atoms with Crippen molar-refractivity contribution in [3.05, 3.63) is 0 Å². The van der Waals surface area contributed by atoms with Crippen LogP contribution in [0, 0.1) is 0 Å². The van der Waals surface area contributed by atoms with Crippen molar-refractivity contribution in [1.29, 1.82) is 0 Å². The van der Waals surface area contributed by atoms with E-state index in [1.807, 2.05) is 0 Å². The quantitative estimate of drug-likeness (QED) is 0.606. The van der Waals surface area contributed by atoms with Crippen LogP contribution < -0.4 is 5.32 Å². The van der Waals surface area contributed by atoms with Crippen molar-refractivity contribution < 1.29 is 9.47 Å². The van der Waals surface area contributed by atoms with Crippen molar-refractivity contribution in [1.82, 2.24) is 15.1 Å². The lowest BCUT2D eigenvalue weighted by Gasteiger charge is -2.35. The zero-order chi connectivity index (χ0) is 15.4. The fourth-order valence-corrected chi connectivity index (χ4v) is 3.19. The van der Waals surface area contributed by atoms with Gasteiger partial charge in [-0.1, -0.05) is 0 Å². The van der Waals surface area contributed by atoms with E-state index in [9.17, 15) is 0 Å². The van der Waals surface area contributed by atoms with Crippen molar-refractivity contribution in [3.8, 4) is 0 Å². The Morgan fingerprint density at radius 3 is 2.45 bits per heavy atom. The molecule has 3 rings (SSSR count). The molecule has 22 heavy (non-hydrogen) atoms. The molecule has 0 unspecified atom stereocenters. The highest BCUT2D eigenvalue weighted by molar-refractivity contribution is 5.80. The third-order valence-corrected chi connectivity index (χ3v) is 4.39. The molecule has 1 aliphatic carbocycles. The number of rotatable bonds is 4. The predicted octanol–water partition coefficient (Wildman–Crippen LogP) is 0.536. The first-order valence-corrected chi connectivity index (χ1v) is 8.72. The third kappa shape index (κ3) is 4.83. The monoisotopic (exact) mass is 310 g/mol. The Morgan fingerprint density at radius 2 is 1.82 bits per heavy atom. The first kappa shape index (κ1) is 16.0. The van der Waals surface area contributed by atoms with Gasteiger partial charge >= 0.3 is 0 Å². The fraction of sp³-hybridized carbons (Fsp3) is 0.938. The Morgan fingerprint density at radius 1 is 1.14 bits per heavy atom. The summed E-state index contributed by atoms with van der Waals surface area (Å²) in [5, 5.41) is 3.59. The largest absolute Gasteiger partial charge is 0.378 e. The summed E-state index contributed by atoms with van der Waals surface area (Å²) < 4.78 is 11.2. The average Bonchev–Trinajstić information content (AvgIpc) is 3.30. The highest BCUT2D eigenvalue weighted by atomic mass is 16.5. The lowest BCUT2D eigenvalue weighted by atomic mass is 10.2. The van der Waals surface area contributed by atoms with E-state index in [4.69, 9.17) is 14.5 Å². The van der Waals surface area contributed by atoms with Crippen LogP contribution in [0.3, 0.4) is 0 Å². The van der Waals surface area contributed by atoms with E-state index in [1.54, 1.807) is 0 Å². The van der Waals surface area contributed by atoms with Gasteiger partial charge in [-0.3, -0.25) is 9.89 Å². The topological polar surface area (TPSA) is 49.3 Å². The van der Waals surface area contributed by atoms with Gasteiger partial charge in [0.25, 0.3) is 0 Å². The summed E-state index contributed by atoms with van der Waals surface area (Å²) in [5.74, 6) is 1.08. The molecule has 126 valence electrons. The van der Waals surface area contributed by atoms with Crippen LogP contribution in [0.25, 0.3) is 0 Å². The average molecular weight is 310 g/mol. The van der Waals surface area contributed by atoms with Gasteiger partial charge < -0.3 is 19.7 Å². The molecule has 0 aromatic heterocycles. The molecule has 0 aromatic rings. The normalized spacial score (nSPS) is 31.4. The van der Waals surface area contributed by atoms with Crippen LogP contribution in [0.1, 0.15) is 26.7 Å². The van der Waals surface area contributed by atoms with Crippen molar-refractivity contribution in [2.24, 2.45) is 4.99 Å². The van der Waals surface area contributed by atoms with Crippen LogP contribution in [0.15, 0.2) is 4.99 Å². The van der Waals surface area contributed by atoms with Crippen LogP contribution in [0.4, 0.5) is 0 Å². The van der Waals surface area contributed by atoms with Gasteiger partial charge in [-0.25, -0.2) is 0 Å². The lowest BCUT2D eigenvalue weighted by Crippen LogP contribution is -2.49. The Balaban J connectivity index is 1.50. The molecule has 2 aliphatic heterocycles. The molecular formula is C16H30N4O2. The minimum absolute atomic E-state index is 0.330. The lowest BCUT2D eigenvalue weighted by molar-refractivity contribution is -0.0669. The van der Waals surface area contributed by atoms with Crippen LogP contribution in [-0.2, 0) is 9.47 Å². The molecule has 6 heteroatoms. The first-order chi connectivity index (χ1) is 10.7. The molecule has 0 bridgehead atoms. The minimum Gasteiger partial charge on any atom is -0.378 e. The number of nitrogens with one attached hydrogen (secondary N) is 1. The van der Waals surface area contributed by atoms with Crippen molar-refractivity contribution in [3.63, 3.8) is 0 Å². The summed E-state index contributed by atoms with van der Waals surface area (Å²) in [6, 6.07) is 0.644. The number of guanidine groups is 1. The number of morpholine rings is 2. The Bertz CT molecular complexity index is 370. The van der Waals surface area contributed by atoms with Crippen LogP contribution >= 0.6 is 0 Å². The van der Waals surface area contributed by atoms with E-state index < -0.39 is 0 Å². The SMILES string of the molecule is C[C@@H]1CN(CCN=C(NC2CC2)N2CCOCC2)C[C@@H](C)O1. The van der Waals surface area contributed by atoms with Crippen molar-refractivity contribution in [2.45, 2.75) is 44.9 Å². The fourth-order valence-electron chi connectivity index (χ4n) is 3.19. The summed E-state index contributed by atoms with van der Waals surface area (Å²) in [6.07, 6.45) is 3.22. The summed E-state index contributed by atoms with van der Waals surface area (Å²) >= 11 is 0. The smallest absolute Gasteiger partial charge is 0.194 e. The Labute approximate surface area is 133 Å². The molecule has 2 saturated heterocycles. The standard InChI is InChI=1S/C16H30N4O2/c1-13-11-19(12-14(2)22-13)6-5-17-16(18-15-3-4-15)20-7-9-21-10-8-20/h13-15H,3-12H2,1-2H3,(H,17,18)/t13-,14-/m1/s1. The van der Waals surface area contributed by atoms with Crippen LogP contribution in [0.5, 0.6) is 0 Å². The second-order valence-corrected chi connectivity index (χ2v) is 6.74. The number of nitrogens with zero attached hydrogens (tertiary/aromatic N) is 3. The molecule has 0 spiro atoms. The summed E-state index contributed by atoms with van der Waals surface area (Å²) in [4.78, 5) is 9.67. The molecule has 0 aromatic carbocycles. The maximum Gasteiger partial charge on any atom is 0.194 e. The zero-order valence-electron chi connectivity index (χ0n) is 14.0. The van der Waals surface area contributed by atoms with E-state index in [1.165, 1.54) is 12.8 Å². The molecule has 3 aliphatic rings. The highest BCUT2D eigenvalue weighted by Crippen LogP contribution is 2.19. The van der Waals surface area contributed by atoms with E-state index in [0.717, 1.165) is 58.4 Å². The van der Waals surface area contributed by atoms with Crippen molar-refractivity contribution in [2.75, 3.05) is 52.5 Å². The maximum atomic E-state index is 5.79. The summed E-state index contributed by atoms with van der Waals surface area (Å²) in [7, 11) is 0. The van der Waals surface area contributed by atoms with Gasteiger partial charge in [0.2, 0.25) is 0 Å². The second kappa shape index (κ2) is 7.62. The number of aliphatic imine (C=N–C) groups is 1. The molecule has 0 radical (unpaired) electrons. The molecule has 6 nitrogen and oxygen atoms in total. The van der Waals surface area contributed by atoms with E-state index in [0.29, 0.717) is 18.2 Å². The second-order valence-electron chi connectivity index (χ2n) is 6.74.